The Labute approximate surface area is 219 Å². The van der Waals surface area contributed by atoms with Crippen LogP contribution >= 0.6 is 0 Å². The lowest BCUT2D eigenvalue weighted by Crippen LogP contribution is -2.61. The third-order valence-electron chi connectivity index (χ3n) is 8.40. The van der Waals surface area contributed by atoms with Gasteiger partial charge in [-0.2, -0.15) is 0 Å². The Hall–Kier alpha value is -1.81. The standard InChI is InChI=1S/C32H49FO3/c1-23(2)12-9-13-24(3)14-10-15-25(4)16-11-17-26(5)20-21-31(6)29(34)27-18-7-8-19-28(27)30(35)32(31,36)22-33/h7-8,18-20,23-25,36H,9-17,21-22H2,1-6H3/b26-20+. The maximum absolute atomic E-state index is 14.1. The molecule has 4 atom stereocenters. The van der Waals surface area contributed by atoms with Crippen LogP contribution in [0.1, 0.15) is 126 Å². The maximum atomic E-state index is 14.1. The molecular formula is C32H49FO3. The van der Waals surface area contributed by atoms with Gasteiger partial charge >= 0.3 is 0 Å². The first-order chi connectivity index (χ1) is 17.0. The van der Waals surface area contributed by atoms with Crippen LogP contribution in [0.25, 0.3) is 0 Å². The fourth-order valence-corrected chi connectivity index (χ4v) is 5.50. The van der Waals surface area contributed by atoms with E-state index in [1.165, 1.54) is 51.5 Å². The van der Waals surface area contributed by atoms with Gasteiger partial charge in [0.15, 0.2) is 17.2 Å². The first-order valence-electron chi connectivity index (χ1n) is 14.1. The van der Waals surface area contributed by atoms with E-state index in [0.717, 1.165) is 36.7 Å². The molecule has 202 valence electrons. The second-order valence-electron chi connectivity index (χ2n) is 12.1. The van der Waals surface area contributed by atoms with Crippen LogP contribution in [-0.4, -0.2) is 28.9 Å². The molecule has 2 rings (SSSR count). The summed E-state index contributed by atoms with van der Waals surface area (Å²) in [5.41, 5.74) is -2.36. The number of hydrogen-bond acceptors (Lipinski definition) is 3. The summed E-state index contributed by atoms with van der Waals surface area (Å²) < 4.78 is 14.1. The Morgan fingerprint density at radius 3 is 1.92 bits per heavy atom. The summed E-state index contributed by atoms with van der Waals surface area (Å²) in [5, 5.41) is 11.1. The second-order valence-corrected chi connectivity index (χ2v) is 12.1. The van der Waals surface area contributed by atoms with Crippen molar-refractivity contribution < 1.29 is 19.1 Å². The normalized spacial score (nSPS) is 24.2. The molecule has 36 heavy (non-hydrogen) atoms. The molecule has 1 N–H and O–H groups in total. The predicted molar refractivity (Wildman–Crippen MR) is 147 cm³/mol. The number of allylic oxidation sites excluding steroid dienone is 2. The summed E-state index contributed by atoms with van der Waals surface area (Å²) in [7, 11) is 0. The zero-order valence-corrected chi connectivity index (χ0v) is 23.5. The van der Waals surface area contributed by atoms with E-state index in [1.807, 2.05) is 13.0 Å². The molecule has 1 aromatic carbocycles. The number of Topliss-reactive ketones (excluding diaryl/α,β-unsaturated/α-hetero) is 2. The van der Waals surface area contributed by atoms with Crippen molar-refractivity contribution in [2.75, 3.05) is 6.67 Å². The average molecular weight is 501 g/mol. The molecule has 1 aromatic rings. The van der Waals surface area contributed by atoms with Gasteiger partial charge in [-0.1, -0.05) is 109 Å². The highest BCUT2D eigenvalue weighted by Gasteiger charge is 2.60. The van der Waals surface area contributed by atoms with E-state index >= 15 is 0 Å². The third-order valence-corrected chi connectivity index (χ3v) is 8.40. The first kappa shape index (κ1) is 30.4. The van der Waals surface area contributed by atoms with E-state index in [0.29, 0.717) is 5.92 Å². The van der Waals surface area contributed by atoms with Gasteiger partial charge in [-0.3, -0.25) is 9.59 Å². The average Bonchev–Trinajstić information content (AvgIpc) is 2.84. The first-order valence-corrected chi connectivity index (χ1v) is 14.1. The van der Waals surface area contributed by atoms with Crippen molar-refractivity contribution in [1.29, 1.82) is 0 Å². The molecule has 0 radical (unpaired) electrons. The lowest BCUT2D eigenvalue weighted by atomic mass is 9.59. The van der Waals surface area contributed by atoms with Crippen LogP contribution in [-0.2, 0) is 0 Å². The van der Waals surface area contributed by atoms with Crippen molar-refractivity contribution in [3.05, 3.63) is 47.0 Å². The molecule has 1 aliphatic rings. The minimum atomic E-state index is -2.34. The summed E-state index contributed by atoms with van der Waals surface area (Å²) in [6.45, 7) is 11.6. The van der Waals surface area contributed by atoms with Crippen molar-refractivity contribution in [3.63, 3.8) is 0 Å². The number of aliphatic hydroxyl groups is 1. The summed E-state index contributed by atoms with van der Waals surface area (Å²) in [4.78, 5) is 26.3. The smallest absolute Gasteiger partial charge is 0.198 e. The molecule has 0 heterocycles. The topological polar surface area (TPSA) is 54.4 Å². The Morgan fingerprint density at radius 1 is 0.889 bits per heavy atom. The maximum Gasteiger partial charge on any atom is 0.198 e. The van der Waals surface area contributed by atoms with Crippen molar-refractivity contribution >= 4 is 11.6 Å². The Bertz CT molecular complexity index is 904. The van der Waals surface area contributed by atoms with E-state index in [4.69, 9.17) is 0 Å². The zero-order valence-electron chi connectivity index (χ0n) is 23.5. The van der Waals surface area contributed by atoms with E-state index in [9.17, 15) is 19.1 Å². The molecule has 0 fully saturated rings. The summed E-state index contributed by atoms with van der Waals surface area (Å²) in [5.74, 6) is 1.23. The number of alkyl halides is 1. The fraction of sp³-hybridized carbons (Fsp3) is 0.688. The number of carbonyl (C=O) groups is 2. The van der Waals surface area contributed by atoms with Crippen molar-refractivity contribution in [3.8, 4) is 0 Å². The number of hydrogen-bond donors (Lipinski definition) is 1. The molecule has 4 heteroatoms. The minimum Gasteiger partial charge on any atom is -0.378 e. The SMILES string of the molecule is C/C(=C\CC1(C)C(=O)c2ccccc2C(=O)C1(O)CF)CCCC(C)CCCC(C)CCCC(C)C. The lowest BCUT2D eigenvalue weighted by Gasteiger charge is -2.44. The molecule has 0 bridgehead atoms. The van der Waals surface area contributed by atoms with Gasteiger partial charge in [0, 0.05) is 11.1 Å². The van der Waals surface area contributed by atoms with E-state index in [-0.39, 0.29) is 23.3 Å². The summed E-state index contributed by atoms with van der Waals surface area (Å²) >= 11 is 0. The second kappa shape index (κ2) is 13.7. The van der Waals surface area contributed by atoms with Crippen LogP contribution in [0.4, 0.5) is 4.39 Å². The quantitative estimate of drug-likeness (QED) is 0.245. The highest BCUT2D eigenvalue weighted by atomic mass is 19.1. The molecule has 0 saturated carbocycles. The van der Waals surface area contributed by atoms with Crippen LogP contribution in [0, 0.1) is 23.2 Å². The van der Waals surface area contributed by atoms with E-state index in [2.05, 4.69) is 27.7 Å². The molecule has 1 aliphatic carbocycles. The Kier molecular flexibility index (Phi) is 11.5. The Balaban J connectivity index is 1.84. The molecule has 0 amide bonds. The molecule has 4 unspecified atom stereocenters. The number of fused-ring (bicyclic) bond motifs is 1. The number of halogens is 1. The van der Waals surface area contributed by atoms with Crippen molar-refractivity contribution in [1.82, 2.24) is 0 Å². The molecular weight excluding hydrogens is 451 g/mol. The van der Waals surface area contributed by atoms with E-state index < -0.39 is 23.5 Å². The van der Waals surface area contributed by atoms with Gasteiger partial charge in [-0.15, -0.1) is 0 Å². The van der Waals surface area contributed by atoms with Gasteiger partial charge in [-0.25, -0.2) is 4.39 Å². The number of carbonyl (C=O) groups excluding carboxylic acids is 2. The van der Waals surface area contributed by atoms with Crippen LogP contribution in [0.3, 0.4) is 0 Å². The lowest BCUT2D eigenvalue weighted by molar-refractivity contribution is -0.0505. The van der Waals surface area contributed by atoms with Gasteiger partial charge in [0.1, 0.15) is 6.67 Å². The van der Waals surface area contributed by atoms with Gasteiger partial charge in [0.05, 0.1) is 5.41 Å². The largest absolute Gasteiger partial charge is 0.378 e. The minimum absolute atomic E-state index is 0.111. The highest BCUT2D eigenvalue weighted by molar-refractivity contribution is 6.20. The van der Waals surface area contributed by atoms with Gasteiger partial charge in [0.2, 0.25) is 0 Å². The van der Waals surface area contributed by atoms with Crippen LogP contribution in [0.5, 0.6) is 0 Å². The molecule has 0 spiro atoms. The van der Waals surface area contributed by atoms with Crippen LogP contribution in [0.15, 0.2) is 35.9 Å². The Morgan fingerprint density at radius 2 is 1.39 bits per heavy atom. The van der Waals surface area contributed by atoms with Gasteiger partial charge in [0.25, 0.3) is 0 Å². The molecule has 0 aliphatic heterocycles. The van der Waals surface area contributed by atoms with Crippen LogP contribution in [0.2, 0.25) is 0 Å². The number of benzene rings is 1. The zero-order chi connectivity index (χ0) is 26.9. The molecule has 0 aromatic heterocycles. The van der Waals surface area contributed by atoms with Crippen molar-refractivity contribution in [2.45, 2.75) is 111 Å². The van der Waals surface area contributed by atoms with Crippen molar-refractivity contribution in [2.24, 2.45) is 23.2 Å². The molecule has 3 nitrogen and oxygen atoms in total. The highest BCUT2D eigenvalue weighted by Crippen LogP contribution is 2.46. The van der Waals surface area contributed by atoms with E-state index in [1.54, 1.807) is 18.2 Å². The van der Waals surface area contributed by atoms with Gasteiger partial charge < -0.3 is 5.11 Å². The summed E-state index contributed by atoms with van der Waals surface area (Å²) in [6.07, 6.45) is 13.1. The van der Waals surface area contributed by atoms with Crippen LogP contribution < -0.4 is 0 Å². The number of ketones is 2. The predicted octanol–water partition coefficient (Wildman–Crippen LogP) is 8.55. The third kappa shape index (κ3) is 7.37. The molecule has 0 saturated heterocycles. The van der Waals surface area contributed by atoms with Gasteiger partial charge in [-0.05, 0) is 50.9 Å². The fourth-order valence-electron chi connectivity index (χ4n) is 5.50. The monoisotopic (exact) mass is 500 g/mol. The number of rotatable bonds is 15. The summed E-state index contributed by atoms with van der Waals surface area (Å²) in [6, 6.07) is 6.41.